The molecule has 0 atom stereocenters. The second-order valence-corrected chi connectivity index (χ2v) is 6.57. The van der Waals surface area contributed by atoms with Crippen LogP contribution < -0.4 is 20.5 Å². The molecular formula is C23H25N3O3. The van der Waals surface area contributed by atoms with Gasteiger partial charge in [0.05, 0.1) is 13.7 Å². The summed E-state index contributed by atoms with van der Waals surface area (Å²) in [4.78, 5) is 15.6. The number of ether oxygens (including phenoxy) is 2. The summed E-state index contributed by atoms with van der Waals surface area (Å²) in [6.07, 6.45) is 6.67. The molecule has 0 unspecified atom stereocenters. The van der Waals surface area contributed by atoms with Crippen LogP contribution in [0.2, 0.25) is 0 Å². The van der Waals surface area contributed by atoms with Crippen molar-refractivity contribution in [2.24, 2.45) is 10.7 Å². The molecular weight excluding hydrogens is 366 g/mol. The quantitative estimate of drug-likeness (QED) is 0.644. The van der Waals surface area contributed by atoms with E-state index in [1.165, 1.54) is 5.56 Å². The molecule has 6 nitrogen and oxygen atoms in total. The second kappa shape index (κ2) is 10.2. The van der Waals surface area contributed by atoms with Gasteiger partial charge in [-0.05, 0) is 60.5 Å². The summed E-state index contributed by atoms with van der Waals surface area (Å²) >= 11 is 0. The van der Waals surface area contributed by atoms with E-state index in [4.69, 9.17) is 15.2 Å². The number of nitrogens with zero attached hydrogens (tertiary/aromatic N) is 1. The lowest BCUT2D eigenvalue weighted by atomic mass is 10.1. The molecule has 1 amide bonds. The summed E-state index contributed by atoms with van der Waals surface area (Å²) in [5.74, 6) is 1.83. The number of amides is 1. The molecule has 1 aliphatic rings. The molecule has 0 aromatic heterocycles. The van der Waals surface area contributed by atoms with Crippen molar-refractivity contribution in [1.29, 1.82) is 0 Å². The lowest BCUT2D eigenvalue weighted by Crippen LogP contribution is -2.20. The van der Waals surface area contributed by atoms with Gasteiger partial charge in [-0.1, -0.05) is 24.3 Å². The third kappa shape index (κ3) is 6.05. The van der Waals surface area contributed by atoms with Crippen molar-refractivity contribution in [3.05, 3.63) is 83.1 Å². The number of benzene rings is 2. The van der Waals surface area contributed by atoms with Crippen LogP contribution in [-0.2, 0) is 6.42 Å². The van der Waals surface area contributed by atoms with Crippen LogP contribution in [0.25, 0.3) is 0 Å². The maximum Gasteiger partial charge on any atom is 0.248 e. The highest BCUT2D eigenvalue weighted by molar-refractivity contribution is 5.92. The van der Waals surface area contributed by atoms with E-state index in [0.717, 1.165) is 36.6 Å². The summed E-state index contributed by atoms with van der Waals surface area (Å²) < 4.78 is 11.2. The van der Waals surface area contributed by atoms with Crippen LogP contribution >= 0.6 is 0 Å². The Morgan fingerprint density at radius 1 is 1.14 bits per heavy atom. The zero-order valence-electron chi connectivity index (χ0n) is 16.4. The number of carbonyl (C=O) groups is 1. The number of hydrogen-bond acceptors (Lipinski definition) is 5. The van der Waals surface area contributed by atoms with Crippen molar-refractivity contribution in [1.82, 2.24) is 5.32 Å². The van der Waals surface area contributed by atoms with Gasteiger partial charge in [0.2, 0.25) is 5.91 Å². The maximum atomic E-state index is 11.1. The van der Waals surface area contributed by atoms with Crippen LogP contribution in [0.5, 0.6) is 11.5 Å². The van der Waals surface area contributed by atoms with Gasteiger partial charge in [-0.2, -0.15) is 0 Å². The standard InChI is InChI=1S/C23H25N3O3/c1-28-22-5-3-2-4-18(22)12-13-25-14-17-6-9-21(16-26-15-17)29-20-10-7-19(8-11-20)23(24)27/h2-11,15,25H,12-14,16H2,1H3,(H2,24,27). The molecule has 0 radical (unpaired) electrons. The van der Waals surface area contributed by atoms with Gasteiger partial charge < -0.3 is 20.5 Å². The van der Waals surface area contributed by atoms with Gasteiger partial charge in [-0.15, -0.1) is 0 Å². The first-order chi connectivity index (χ1) is 14.2. The van der Waals surface area contributed by atoms with E-state index in [-0.39, 0.29) is 0 Å². The Morgan fingerprint density at radius 2 is 1.93 bits per heavy atom. The highest BCUT2D eigenvalue weighted by Crippen LogP contribution is 2.18. The minimum Gasteiger partial charge on any atom is -0.496 e. The molecule has 0 spiro atoms. The van der Waals surface area contributed by atoms with Gasteiger partial charge in [0, 0.05) is 18.3 Å². The molecule has 1 aliphatic heterocycles. The van der Waals surface area contributed by atoms with Crippen molar-refractivity contribution in [2.45, 2.75) is 6.42 Å². The lowest BCUT2D eigenvalue weighted by molar-refractivity contribution is 0.100. The summed E-state index contributed by atoms with van der Waals surface area (Å²) in [7, 11) is 1.69. The van der Waals surface area contributed by atoms with E-state index in [2.05, 4.69) is 16.4 Å². The van der Waals surface area contributed by atoms with Crippen LogP contribution in [0.1, 0.15) is 15.9 Å². The number of nitrogens with one attached hydrogen (secondary N) is 1. The number of carbonyl (C=O) groups excluding carboxylic acids is 1. The maximum absolute atomic E-state index is 11.1. The molecule has 0 saturated heterocycles. The average Bonchev–Trinajstić information content (AvgIpc) is 2.97. The minimum atomic E-state index is -0.458. The zero-order valence-corrected chi connectivity index (χ0v) is 16.4. The summed E-state index contributed by atoms with van der Waals surface area (Å²) in [6.45, 7) is 2.01. The number of nitrogens with two attached hydrogens (primary N) is 1. The number of aliphatic imine (C=N–C) groups is 1. The fourth-order valence-corrected chi connectivity index (χ4v) is 2.92. The Hall–Kier alpha value is -3.38. The summed E-state index contributed by atoms with van der Waals surface area (Å²) in [6, 6.07) is 14.8. The number of rotatable bonds is 9. The van der Waals surface area contributed by atoms with E-state index in [1.54, 1.807) is 31.4 Å². The lowest BCUT2D eigenvalue weighted by Gasteiger charge is -2.09. The molecule has 3 N–H and O–H groups in total. The van der Waals surface area contributed by atoms with Crippen LogP contribution in [0, 0.1) is 0 Å². The zero-order chi connectivity index (χ0) is 20.5. The average molecular weight is 391 g/mol. The van der Waals surface area contributed by atoms with Gasteiger partial charge in [0.15, 0.2) is 0 Å². The van der Waals surface area contributed by atoms with Crippen molar-refractivity contribution in [3.63, 3.8) is 0 Å². The fourth-order valence-electron chi connectivity index (χ4n) is 2.92. The highest BCUT2D eigenvalue weighted by atomic mass is 16.5. The van der Waals surface area contributed by atoms with E-state index in [9.17, 15) is 4.79 Å². The Kier molecular flexibility index (Phi) is 7.19. The van der Waals surface area contributed by atoms with Crippen LogP contribution in [0.4, 0.5) is 0 Å². The largest absolute Gasteiger partial charge is 0.496 e. The molecule has 0 saturated carbocycles. The summed E-state index contributed by atoms with van der Waals surface area (Å²) in [5, 5.41) is 3.44. The van der Waals surface area contributed by atoms with Crippen molar-refractivity contribution < 1.29 is 14.3 Å². The normalized spacial score (nSPS) is 13.3. The van der Waals surface area contributed by atoms with E-state index >= 15 is 0 Å². The van der Waals surface area contributed by atoms with Crippen LogP contribution in [-0.4, -0.2) is 38.9 Å². The SMILES string of the molecule is COc1ccccc1CCNCC1=CC=C(Oc2ccc(C(N)=O)cc2)CN=C1. The van der Waals surface area contributed by atoms with Gasteiger partial charge in [-0.3, -0.25) is 9.79 Å². The molecule has 1 heterocycles. The van der Waals surface area contributed by atoms with E-state index < -0.39 is 5.91 Å². The third-order valence-corrected chi connectivity index (χ3v) is 4.47. The fraction of sp³-hybridized carbons (Fsp3) is 0.217. The predicted octanol–water partition coefficient (Wildman–Crippen LogP) is 2.90. The first-order valence-corrected chi connectivity index (χ1v) is 9.45. The number of allylic oxidation sites excluding steroid dienone is 2. The highest BCUT2D eigenvalue weighted by Gasteiger charge is 2.06. The Morgan fingerprint density at radius 3 is 2.69 bits per heavy atom. The first kappa shape index (κ1) is 20.4. The van der Waals surface area contributed by atoms with Crippen LogP contribution in [0.3, 0.4) is 0 Å². The minimum absolute atomic E-state index is 0.451. The van der Waals surface area contributed by atoms with Gasteiger partial charge in [0.25, 0.3) is 0 Å². The van der Waals surface area contributed by atoms with Crippen molar-refractivity contribution in [2.75, 3.05) is 26.7 Å². The van der Waals surface area contributed by atoms with E-state index in [1.807, 2.05) is 36.6 Å². The topological polar surface area (TPSA) is 85.9 Å². The van der Waals surface area contributed by atoms with Crippen molar-refractivity contribution >= 4 is 12.1 Å². The number of para-hydroxylation sites is 1. The van der Waals surface area contributed by atoms with Crippen molar-refractivity contribution in [3.8, 4) is 11.5 Å². The number of primary amides is 1. The van der Waals surface area contributed by atoms with Crippen LogP contribution in [0.15, 0.2) is 77.0 Å². The number of methoxy groups -OCH3 is 1. The first-order valence-electron chi connectivity index (χ1n) is 9.45. The molecule has 0 aliphatic carbocycles. The second-order valence-electron chi connectivity index (χ2n) is 6.57. The Bertz CT molecular complexity index is 931. The molecule has 0 fully saturated rings. The monoisotopic (exact) mass is 391 g/mol. The Balaban J connectivity index is 1.50. The molecule has 150 valence electrons. The smallest absolute Gasteiger partial charge is 0.248 e. The molecule has 2 aromatic rings. The molecule has 29 heavy (non-hydrogen) atoms. The van der Waals surface area contributed by atoms with Gasteiger partial charge in [-0.25, -0.2) is 0 Å². The summed E-state index contributed by atoms with van der Waals surface area (Å²) in [5.41, 5.74) is 7.96. The molecule has 6 heteroatoms. The molecule has 2 aromatic carbocycles. The van der Waals surface area contributed by atoms with E-state index in [0.29, 0.717) is 17.9 Å². The van der Waals surface area contributed by atoms with Gasteiger partial charge >= 0.3 is 0 Å². The molecule has 0 bridgehead atoms. The van der Waals surface area contributed by atoms with Gasteiger partial charge in [0.1, 0.15) is 17.3 Å². The third-order valence-electron chi connectivity index (χ3n) is 4.47. The number of hydrogen-bond donors (Lipinski definition) is 2. The molecule has 3 rings (SSSR count). The Labute approximate surface area is 170 Å². The predicted molar refractivity (Wildman–Crippen MR) is 115 cm³/mol.